The monoisotopic (exact) mass is 315 g/mol. The van der Waals surface area contributed by atoms with Crippen LogP contribution in [0.2, 0.25) is 0 Å². The first-order valence-electron chi connectivity index (χ1n) is 6.66. The fraction of sp³-hybridized carbons (Fsp3) is 0.125. The summed E-state index contributed by atoms with van der Waals surface area (Å²) in [7, 11) is 0. The molecule has 0 bridgehead atoms. The highest BCUT2D eigenvalue weighted by Gasteiger charge is 2.04. The van der Waals surface area contributed by atoms with Gasteiger partial charge in [0.15, 0.2) is 16.6 Å². The van der Waals surface area contributed by atoms with Crippen molar-refractivity contribution in [2.75, 3.05) is 5.32 Å². The summed E-state index contributed by atoms with van der Waals surface area (Å²) in [4.78, 5) is 0. The van der Waals surface area contributed by atoms with E-state index >= 15 is 0 Å². The highest BCUT2D eigenvalue weighted by molar-refractivity contribution is 7.80. The van der Waals surface area contributed by atoms with E-state index < -0.39 is 0 Å². The van der Waals surface area contributed by atoms with E-state index in [9.17, 15) is 10.2 Å². The van der Waals surface area contributed by atoms with Crippen molar-refractivity contribution in [3.63, 3.8) is 0 Å². The molecule has 0 atom stereocenters. The number of aromatic hydroxyl groups is 2. The van der Waals surface area contributed by atoms with E-state index in [1.165, 1.54) is 17.8 Å². The molecule has 5 nitrogen and oxygen atoms in total. The average Bonchev–Trinajstić information content (AvgIpc) is 2.48. The standard InChI is InChI=1S/C16H17N3O2S/c1-10-5-3-7-13(11(10)2)18-16(22)19-17-9-12-6-4-8-14(20)15(12)21/h3-9,20-21H,1-2H3,(H2,18,19,22)/b17-9+. The summed E-state index contributed by atoms with van der Waals surface area (Å²) < 4.78 is 0. The maximum atomic E-state index is 9.65. The van der Waals surface area contributed by atoms with Gasteiger partial charge in [0, 0.05) is 11.3 Å². The smallest absolute Gasteiger partial charge is 0.191 e. The first-order valence-corrected chi connectivity index (χ1v) is 7.07. The number of thiocarbonyl (C=S) groups is 1. The Morgan fingerprint density at radius 3 is 2.64 bits per heavy atom. The molecule has 0 aliphatic rings. The maximum Gasteiger partial charge on any atom is 0.191 e. The van der Waals surface area contributed by atoms with Gasteiger partial charge in [-0.05, 0) is 55.4 Å². The second-order valence-electron chi connectivity index (χ2n) is 4.79. The molecule has 0 aromatic heterocycles. The van der Waals surface area contributed by atoms with Crippen LogP contribution in [0.25, 0.3) is 0 Å². The molecule has 22 heavy (non-hydrogen) atoms. The molecule has 6 heteroatoms. The van der Waals surface area contributed by atoms with Crippen molar-refractivity contribution in [3.05, 3.63) is 53.1 Å². The molecule has 0 saturated heterocycles. The SMILES string of the molecule is Cc1cccc(NC(=S)N/N=C/c2cccc(O)c2O)c1C. The summed E-state index contributed by atoms with van der Waals surface area (Å²) in [5, 5.41) is 26.4. The number of hydrogen-bond acceptors (Lipinski definition) is 4. The molecular formula is C16H17N3O2S. The van der Waals surface area contributed by atoms with Gasteiger partial charge in [0.2, 0.25) is 0 Å². The molecule has 0 aliphatic heterocycles. The second-order valence-corrected chi connectivity index (χ2v) is 5.19. The lowest BCUT2D eigenvalue weighted by atomic mass is 10.1. The number of para-hydroxylation sites is 1. The molecule has 0 radical (unpaired) electrons. The number of benzene rings is 2. The number of aryl methyl sites for hydroxylation is 1. The van der Waals surface area contributed by atoms with Crippen molar-refractivity contribution in [1.82, 2.24) is 5.43 Å². The first kappa shape index (κ1) is 15.8. The number of rotatable bonds is 3. The van der Waals surface area contributed by atoms with Gasteiger partial charge in [-0.3, -0.25) is 5.43 Å². The van der Waals surface area contributed by atoms with Gasteiger partial charge in [-0.2, -0.15) is 5.10 Å². The quantitative estimate of drug-likeness (QED) is 0.303. The average molecular weight is 315 g/mol. The van der Waals surface area contributed by atoms with Crippen LogP contribution in [0.3, 0.4) is 0 Å². The van der Waals surface area contributed by atoms with Gasteiger partial charge in [0.25, 0.3) is 0 Å². The van der Waals surface area contributed by atoms with Crippen LogP contribution in [-0.4, -0.2) is 21.5 Å². The number of phenols is 2. The van der Waals surface area contributed by atoms with Crippen LogP contribution < -0.4 is 10.7 Å². The molecule has 0 spiro atoms. The Bertz CT molecular complexity index is 729. The van der Waals surface area contributed by atoms with Crippen LogP contribution in [-0.2, 0) is 0 Å². The second kappa shape index (κ2) is 6.91. The third-order valence-corrected chi connectivity index (χ3v) is 3.46. The van der Waals surface area contributed by atoms with Crippen LogP contribution in [0.4, 0.5) is 5.69 Å². The molecule has 114 valence electrons. The highest BCUT2D eigenvalue weighted by Crippen LogP contribution is 2.26. The van der Waals surface area contributed by atoms with E-state index in [0.717, 1.165) is 11.3 Å². The molecule has 0 aliphatic carbocycles. The third-order valence-electron chi connectivity index (χ3n) is 3.27. The number of hydrogen-bond donors (Lipinski definition) is 4. The maximum absolute atomic E-state index is 9.65. The van der Waals surface area contributed by atoms with Gasteiger partial charge in [-0.25, -0.2) is 0 Å². The number of hydrazone groups is 1. The molecule has 0 unspecified atom stereocenters. The number of anilines is 1. The fourth-order valence-corrected chi connectivity index (χ4v) is 2.01. The minimum absolute atomic E-state index is 0.194. The summed E-state index contributed by atoms with van der Waals surface area (Å²) in [6, 6.07) is 10.5. The van der Waals surface area contributed by atoms with Gasteiger partial charge in [-0.15, -0.1) is 0 Å². The predicted octanol–water partition coefficient (Wildman–Crippen LogP) is 3.04. The van der Waals surface area contributed by atoms with Gasteiger partial charge in [-0.1, -0.05) is 18.2 Å². The third kappa shape index (κ3) is 3.73. The summed E-state index contributed by atoms with van der Waals surface area (Å²) in [5.41, 5.74) is 6.25. The van der Waals surface area contributed by atoms with Crippen molar-refractivity contribution in [3.8, 4) is 11.5 Å². The summed E-state index contributed by atoms with van der Waals surface area (Å²) in [5.74, 6) is -0.415. The van der Waals surface area contributed by atoms with E-state index in [-0.39, 0.29) is 11.5 Å². The Hall–Kier alpha value is -2.60. The van der Waals surface area contributed by atoms with Gasteiger partial charge in [0.05, 0.1) is 6.21 Å². The summed E-state index contributed by atoms with van der Waals surface area (Å²) >= 11 is 5.17. The zero-order valence-corrected chi connectivity index (χ0v) is 13.1. The van der Waals surface area contributed by atoms with Gasteiger partial charge < -0.3 is 15.5 Å². The Labute approximate surface area is 134 Å². The Morgan fingerprint density at radius 2 is 1.86 bits per heavy atom. The summed E-state index contributed by atoms with van der Waals surface area (Å²) in [6.45, 7) is 4.04. The molecule has 0 heterocycles. The molecule has 2 aromatic rings. The van der Waals surface area contributed by atoms with E-state index in [2.05, 4.69) is 15.8 Å². The van der Waals surface area contributed by atoms with Crippen LogP contribution in [0.5, 0.6) is 11.5 Å². The Balaban J connectivity index is 1.99. The van der Waals surface area contributed by atoms with E-state index in [0.29, 0.717) is 10.7 Å². The molecule has 0 amide bonds. The topological polar surface area (TPSA) is 76.9 Å². The van der Waals surface area contributed by atoms with Crippen molar-refractivity contribution in [1.29, 1.82) is 0 Å². The fourth-order valence-electron chi connectivity index (χ4n) is 1.85. The van der Waals surface area contributed by atoms with Crippen LogP contribution in [0.1, 0.15) is 16.7 Å². The van der Waals surface area contributed by atoms with Crippen LogP contribution in [0.15, 0.2) is 41.5 Å². The molecule has 2 aromatic carbocycles. The van der Waals surface area contributed by atoms with Crippen molar-refractivity contribution in [2.45, 2.75) is 13.8 Å². The summed E-state index contributed by atoms with van der Waals surface area (Å²) in [6.07, 6.45) is 1.38. The number of phenolic OH excluding ortho intramolecular Hbond substituents is 2. The van der Waals surface area contributed by atoms with Gasteiger partial charge >= 0.3 is 0 Å². The normalized spacial score (nSPS) is 10.6. The Kier molecular flexibility index (Phi) is 4.95. The first-order chi connectivity index (χ1) is 10.5. The lowest BCUT2D eigenvalue weighted by molar-refractivity contribution is 0.403. The van der Waals surface area contributed by atoms with Crippen LogP contribution >= 0.6 is 12.2 Å². The van der Waals surface area contributed by atoms with Gasteiger partial charge in [0.1, 0.15) is 0 Å². The molecule has 4 N–H and O–H groups in total. The van der Waals surface area contributed by atoms with E-state index in [1.54, 1.807) is 12.1 Å². The lowest BCUT2D eigenvalue weighted by Gasteiger charge is -2.11. The van der Waals surface area contributed by atoms with Crippen molar-refractivity contribution >= 4 is 29.2 Å². The van der Waals surface area contributed by atoms with Crippen LogP contribution in [0, 0.1) is 13.8 Å². The minimum atomic E-state index is -0.221. The molecule has 0 fully saturated rings. The highest BCUT2D eigenvalue weighted by atomic mass is 32.1. The zero-order chi connectivity index (χ0) is 16.1. The number of nitrogens with zero attached hydrogens (tertiary/aromatic N) is 1. The Morgan fingerprint density at radius 1 is 1.14 bits per heavy atom. The van der Waals surface area contributed by atoms with E-state index in [1.807, 2.05) is 32.0 Å². The lowest BCUT2D eigenvalue weighted by Crippen LogP contribution is -2.24. The van der Waals surface area contributed by atoms with Crippen molar-refractivity contribution < 1.29 is 10.2 Å². The molecular weight excluding hydrogens is 298 g/mol. The predicted molar refractivity (Wildman–Crippen MR) is 92.6 cm³/mol. The van der Waals surface area contributed by atoms with E-state index in [4.69, 9.17) is 12.2 Å². The largest absolute Gasteiger partial charge is 0.504 e. The molecule has 2 rings (SSSR count). The molecule has 0 saturated carbocycles. The zero-order valence-electron chi connectivity index (χ0n) is 12.3. The van der Waals surface area contributed by atoms with Crippen molar-refractivity contribution in [2.24, 2.45) is 5.10 Å². The number of nitrogens with one attached hydrogen (secondary N) is 2. The minimum Gasteiger partial charge on any atom is -0.504 e.